The van der Waals surface area contributed by atoms with Gasteiger partial charge in [-0.1, -0.05) is 45.4 Å². The molecule has 1 atom stereocenters. The zero-order chi connectivity index (χ0) is 20.9. The van der Waals surface area contributed by atoms with Gasteiger partial charge in [-0.25, -0.2) is 9.59 Å². The fourth-order valence-electron chi connectivity index (χ4n) is 2.38. The molecule has 0 radical (unpaired) electrons. The van der Waals surface area contributed by atoms with Crippen molar-refractivity contribution in [2.75, 3.05) is 60.5 Å². The number of rotatable bonds is 20. The number of carbonyl (C=O) groups is 2. The molecule has 0 saturated heterocycles. The van der Waals surface area contributed by atoms with Crippen LogP contribution in [0, 0.1) is 0 Å². The summed E-state index contributed by atoms with van der Waals surface area (Å²) in [5, 5.41) is 0. The van der Waals surface area contributed by atoms with E-state index in [2.05, 4.69) is 16.4 Å². The van der Waals surface area contributed by atoms with Gasteiger partial charge in [0.2, 0.25) is 0 Å². The predicted molar refractivity (Wildman–Crippen MR) is 104 cm³/mol. The number of carbonyl (C=O) groups excluding carboxylic acids is 2. The Morgan fingerprint density at radius 3 is 1.96 bits per heavy atom. The van der Waals surface area contributed by atoms with E-state index in [4.69, 9.17) is 18.9 Å². The van der Waals surface area contributed by atoms with Crippen LogP contribution in [0.4, 0.5) is 0 Å². The average molecular weight is 407 g/mol. The maximum absolute atomic E-state index is 11.3. The minimum atomic E-state index is -0.410. The zero-order valence-corrected chi connectivity index (χ0v) is 17.7. The van der Waals surface area contributed by atoms with Gasteiger partial charge in [0.1, 0.15) is 13.2 Å². The van der Waals surface area contributed by atoms with E-state index in [-0.39, 0.29) is 25.3 Å². The van der Waals surface area contributed by atoms with Gasteiger partial charge in [0.05, 0.1) is 53.4 Å². The van der Waals surface area contributed by atoms with Gasteiger partial charge in [-0.15, -0.1) is 0 Å². The molecule has 0 bridgehead atoms. The fourth-order valence-corrected chi connectivity index (χ4v) is 2.38. The smallest absolute Gasteiger partial charge is 0.331 e. The topological polar surface area (TPSA) is 89.5 Å². The Balaban J connectivity index is 3.78. The van der Waals surface area contributed by atoms with E-state index in [1.54, 1.807) is 0 Å². The van der Waals surface area contributed by atoms with Crippen LogP contribution in [0.1, 0.15) is 51.9 Å². The Morgan fingerprint density at radius 2 is 1.29 bits per heavy atom. The quantitative estimate of drug-likeness (QED) is 0.225. The summed E-state index contributed by atoms with van der Waals surface area (Å²) in [5.41, 5.74) is 0. The summed E-state index contributed by atoms with van der Waals surface area (Å²) < 4.78 is 30.7. The van der Waals surface area contributed by atoms with E-state index in [1.807, 2.05) is 0 Å². The van der Waals surface area contributed by atoms with E-state index in [9.17, 15) is 9.59 Å². The number of methoxy groups -OCH3 is 2. The van der Waals surface area contributed by atoms with Crippen molar-refractivity contribution in [2.45, 2.75) is 58.0 Å². The molecule has 8 heteroatoms. The van der Waals surface area contributed by atoms with Crippen LogP contribution in [0.15, 0.2) is 0 Å². The Kier molecular flexibility index (Phi) is 19.6. The minimum Gasteiger partial charge on any atom is -0.467 e. The van der Waals surface area contributed by atoms with Crippen LogP contribution in [0.2, 0.25) is 0 Å². The summed E-state index contributed by atoms with van der Waals surface area (Å²) in [5.74, 6) is -0.796. The average Bonchev–Trinajstić information content (AvgIpc) is 2.71. The first-order valence-corrected chi connectivity index (χ1v) is 10.1. The highest BCUT2D eigenvalue weighted by atomic mass is 16.6. The van der Waals surface area contributed by atoms with Crippen molar-refractivity contribution in [1.82, 2.24) is 0 Å². The molecule has 28 heavy (non-hydrogen) atoms. The van der Waals surface area contributed by atoms with Crippen LogP contribution in [-0.2, 0) is 38.0 Å². The van der Waals surface area contributed by atoms with Gasteiger partial charge in [0.25, 0.3) is 0 Å². The number of ether oxygens (including phenoxy) is 6. The molecule has 0 aromatic carbocycles. The van der Waals surface area contributed by atoms with Crippen molar-refractivity contribution in [3.05, 3.63) is 0 Å². The highest BCUT2D eigenvalue weighted by Crippen LogP contribution is 2.11. The lowest BCUT2D eigenvalue weighted by atomic mass is 10.1. The van der Waals surface area contributed by atoms with Crippen LogP contribution < -0.4 is 0 Å². The van der Waals surface area contributed by atoms with E-state index in [0.29, 0.717) is 33.0 Å². The number of esters is 2. The molecule has 0 heterocycles. The molecule has 0 aliphatic heterocycles. The monoisotopic (exact) mass is 406 g/mol. The first-order chi connectivity index (χ1) is 13.6. The van der Waals surface area contributed by atoms with Crippen molar-refractivity contribution in [1.29, 1.82) is 0 Å². The molecule has 0 rings (SSSR count). The third kappa shape index (κ3) is 18.2. The molecule has 0 fully saturated rings. The molecule has 8 nitrogen and oxygen atoms in total. The van der Waals surface area contributed by atoms with Crippen molar-refractivity contribution in [2.24, 2.45) is 0 Å². The van der Waals surface area contributed by atoms with Crippen molar-refractivity contribution in [3.63, 3.8) is 0 Å². The van der Waals surface area contributed by atoms with Gasteiger partial charge in [0.15, 0.2) is 0 Å². The van der Waals surface area contributed by atoms with Gasteiger partial charge in [-0.05, 0) is 6.42 Å². The zero-order valence-electron chi connectivity index (χ0n) is 17.7. The molecular weight excluding hydrogens is 368 g/mol. The van der Waals surface area contributed by atoms with E-state index >= 15 is 0 Å². The number of hydrogen-bond donors (Lipinski definition) is 0. The van der Waals surface area contributed by atoms with Crippen LogP contribution in [-0.4, -0.2) is 78.5 Å². The predicted octanol–water partition coefficient (Wildman–Crippen LogP) is 2.52. The van der Waals surface area contributed by atoms with E-state index < -0.39 is 5.97 Å². The lowest BCUT2D eigenvalue weighted by Gasteiger charge is -2.17. The van der Waals surface area contributed by atoms with Crippen LogP contribution in [0.25, 0.3) is 0 Å². The number of unbranched alkanes of at least 4 members (excludes halogenated alkanes) is 5. The second-order valence-corrected chi connectivity index (χ2v) is 6.38. The highest BCUT2D eigenvalue weighted by Gasteiger charge is 2.12. The number of hydrogen-bond acceptors (Lipinski definition) is 8. The maximum Gasteiger partial charge on any atom is 0.331 e. The highest BCUT2D eigenvalue weighted by molar-refractivity contribution is 5.70. The molecule has 0 spiro atoms. The molecule has 0 amide bonds. The summed E-state index contributed by atoms with van der Waals surface area (Å²) in [6.07, 6.45) is 7.93. The molecular formula is C20H38O8. The third-order valence-electron chi connectivity index (χ3n) is 4.04. The first kappa shape index (κ1) is 26.8. The molecule has 0 aliphatic carbocycles. The SMILES string of the molecule is CCCCCCCCC(COCCOCCOCC(=O)OC)OCC(=O)OC. The minimum absolute atomic E-state index is 0.0611. The van der Waals surface area contributed by atoms with Gasteiger partial charge in [-0.2, -0.15) is 0 Å². The standard InChI is InChI=1S/C20H38O8/c1-4-5-6-7-8-9-10-18(28-17-20(22)24-3)15-26-13-11-25-12-14-27-16-19(21)23-2/h18H,4-17H2,1-3H3. The summed E-state index contributed by atoms with van der Waals surface area (Å²) in [6.45, 7) is 4.01. The van der Waals surface area contributed by atoms with E-state index in [1.165, 1.54) is 39.9 Å². The van der Waals surface area contributed by atoms with Crippen molar-refractivity contribution in [3.8, 4) is 0 Å². The molecule has 0 aromatic heterocycles. The van der Waals surface area contributed by atoms with Gasteiger partial charge >= 0.3 is 11.9 Å². The van der Waals surface area contributed by atoms with Gasteiger partial charge in [0, 0.05) is 0 Å². The lowest BCUT2D eigenvalue weighted by molar-refractivity contribution is -0.150. The molecule has 0 saturated carbocycles. The first-order valence-electron chi connectivity index (χ1n) is 10.1. The molecule has 0 N–H and O–H groups in total. The second kappa shape index (κ2) is 20.5. The summed E-state index contributed by atoms with van der Waals surface area (Å²) in [6, 6.07) is 0. The Labute approximate surface area is 169 Å². The third-order valence-corrected chi connectivity index (χ3v) is 4.04. The molecule has 0 aliphatic rings. The van der Waals surface area contributed by atoms with Crippen molar-refractivity contribution >= 4 is 11.9 Å². The van der Waals surface area contributed by atoms with Crippen LogP contribution in [0.3, 0.4) is 0 Å². The fraction of sp³-hybridized carbons (Fsp3) is 0.900. The maximum atomic E-state index is 11.3. The molecule has 0 aromatic rings. The second-order valence-electron chi connectivity index (χ2n) is 6.38. The van der Waals surface area contributed by atoms with Crippen LogP contribution >= 0.6 is 0 Å². The normalized spacial score (nSPS) is 12.0. The van der Waals surface area contributed by atoms with E-state index in [0.717, 1.165) is 19.3 Å². The molecule has 166 valence electrons. The summed E-state index contributed by atoms with van der Waals surface area (Å²) in [7, 11) is 2.66. The summed E-state index contributed by atoms with van der Waals surface area (Å²) >= 11 is 0. The Bertz CT molecular complexity index is 375. The lowest BCUT2D eigenvalue weighted by Crippen LogP contribution is -2.25. The molecule has 1 unspecified atom stereocenters. The Morgan fingerprint density at radius 1 is 0.714 bits per heavy atom. The van der Waals surface area contributed by atoms with Gasteiger partial charge < -0.3 is 28.4 Å². The van der Waals surface area contributed by atoms with Crippen molar-refractivity contribution < 1.29 is 38.0 Å². The largest absolute Gasteiger partial charge is 0.467 e. The summed E-state index contributed by atoms with van der Waals surface area (Å²) in [4.78, 5) is 22.1. The van der Waals surface area contributed by atoms with Gasteiger partial charge in [-0.3, -0.25) is 0 Å². The Hall–Kier alpha value is -1.22. The van der Waals surface area contributed by atoms with Crippen LogP contribution in [0.5, 0.6) is 0 Å².